The van der Waals surface area contributed by atoms with E-state index in [4.69, 9.17) is 4.42 Å². The van der Waals surface area contributed by atoms with Crippen LogP contribution in [0, 0.1) is 0 Å². The van der Waals surface area contributed by atoms with Gasteiger partial charge in [-0.25, -0.2) is 0 Å². The molecule has 1 amide bonds. The lowest BCUT2D eigenvalue weighted by atomic mass is 10.1. The molecule has 1 unspecified atom stereocenters. The first-order valence-electron chi connectivity index (χ1n) is 9.40. The number of hydrogen-bond acceptors (Lipinski definition) is 4. The molecule has 1 aromatic heterocycles. The van der Waals surface area contributed by atoms with E-state index < -0.39 is 0 Å². The molecule has 0 aliphatic carbocycles. The lowest BCUT2D eigenvalue weighted by Gasteiger charge is -2.30. The highest BCUT2D eigenvalue weighted by Crippen LogP contribution is 2.27. The van der Waals surface area contributed by atoms with Gasteiger partial charge in [0.15, 0.2) is 0 Å². The molecule has 144 valence electrons. The summed E-state index contributed by atoms with van der Waals surface area (Å²) in [7, 11) is 0. The Morgan fingerprint density at radius 3 is 2.69 bits per heavy atom. The van der Waals surface area contributed by atoms with Crippen LogP contribution in [0.25, 0.3) is 11.0 Å². The van der Waals surface area contributed by atoms with Gasteiger partial charge in [-0.2, -0.15) is 0 Å². The summed E-state index contributed by atoms with van der Waals surface area (Å²) in [6.07, 6.45) is 1.64. The Morgan fingerprint density at radius 2 is 2.00 bits per heavy atom. The van der Waals surface area contributed by atoms with Gasteiger partial charge in [-0.3, -0.25) is 9.69 Å². The lowest BCUT2D eigenvalue weighted by molar-refractivity contribution is -0.132. The number of rotatable bonds is 7. The van der Waals surface area contributed by atoms with Crippen LogP contribution < -0.4 is 5.32 Å². The van der Waals surface area contributed by atoms with Crippen LogP contribution in [0.3, 0.4) is 0 Å². The number of nitrogens with one attached hydrogen (secondary N) is 1. The molecule has 0 radical (unpaired) electrons. The van der Waals surface area contributed by atoms with Gasteiger partial charge in [-0.15, -0.1) is 12.4 Å². The van der Waals surface area contributed by atoms with Crippen molar-refractivity contribution in [3.8, 4) is 0 Å². The van der Waals surface area contributed by atoms with Crippen molar-refractivity contribution in [3.63, 3.8) is 0 Å². The second-order valence-electron chi connectivity index (χ2n) is 6.78. The molecule has 1 N–H and O–H groups in total. The number of para-hydroxylation sites is 1. The number of halogens is 1. The summed E-state index contributed by atoms with van der Waals surface area (Å²) in [5, 5.41) is 4.43. The minimum atomic E-state index is 0. The van der Waals surface area contributed by atoms with Gasteiger partial charge in [0.1, 0.15) is 11.3 Å². The molecule has 1 fully saturated rings. The normalized spacial score (nSPS) is 15.9. The molecule has 1 saturated heterocycles. The number of carbonyl (C=O) groups excluding carboxylic acids is 1. The van der Waals surface area contributed by atoms with Gasteiger partial charge in [-0.05, 0) is 32.0 Å². The first-order valence-corrected chi connectivity index (χ1v) is 9.40. The highest BCUT2D eigenvalue weighted by atomic mass is 35.5. The minimum Gasteiger partial charge on any atom is -0.459 e. The summed E-state index contributed by atoms with van der Waals surface area (Å²) in [6.45, 7) is 9.54. The van der Waals surface area contributed by atoms with E-state index >= 15 is 0 Å². The fourth-order valence-corrected chi connectivity index (χ4v) is 3.49. The maximum atomic E-state index is 12.5. The van der Waals surface area contributed by atoms with E-state index in [9.17, 15) is 4.79 Å². The fraction of sp³-hybridized carbons (Fsp3) is 0.550. The third kappa shape index (κ3) is 5.00. The molecular weight excluding hydrogens is 350 g/mol. The zero-order valence-corrected chi connectivity index (χ0v) is 16.6. The van der Waals surface area contributed by atoms with Gasteiger partial charge in [0, 0.05) is 44.5 Å². The van der Waals surface area contributed by atoms with Crippen molar-refractivity contribution >= 4 is 29.3 Å². The van der Waals surface area contributed by atoms with E-state index in [0.29, 0.717) is 6.42 Å². The molecule has 1 aliphatic rings. The van der Waals surface area contributed by atoms with Crippen LogP contribution in [0.4, 0.5) is 0 Å². The maximum Gasteiger partial charge on any atom is 0.223 e. The zero-order valence-electron chi connectivity index (χ0n) is 15.7. The second-order valence-corrected chi connectivity index (χ2v) is 6.78. The van der Waals surface area contributed by atoms with Crippen molar-refractivity contribution in [2.24, 2.45) is 0 Å². The predicted molar refractivity (Wildman–Crippen MR) is 108 cm³/mol. The fourth-order valence-electron chi connectivity index (χ4n) is 3.49. The predicted octanol–water partition coefficient (Wildman–Crippen LogP) is 3.45. The van der Waals surface area contributed by atoms with E-state index in [1.54, 1.807) is 0 Å². The number of benzene rings is 1. The monoisotopic (exact) mass is 379 g/mol. The molecule has 1 aromatic carbocycles. The third-order valence-corrected chi connectivity index (χ3v) is 5.00. The molecule has 3 rings (SSSR count). The Bertz CT molecular complexity index is 664. The number of furan rings is 1. The SMILES string of the molecule is CCCN(CCC(=O)N1CCNCC1)C(C)c1cc2ccccc2o1.Cl. The first kappa shape index (κ1) is 20.7. The largest absolute Gasteiger partial charge is 0.459 e. The van der Waals surface area contributed by atoms with Crippen LogP contribution in [0.1, 0.15) is 38.5 Å². The van der Waals surface area contributed by atoms with E-state index in [2.05, 4.69) is 36.2 Å². The van der Waals surface area contributed by atoms with Gasteiger partial charge < -0.3 is 14.6 Å². The number of carbonyl (C=O) groups is 1. The lowest BCUT2D eigenvalue weighted by Crippen LogP contribution is -2.47. The summed E-state index contributed by atoms with van der Waals surface area (Å²) in [5.74, 6) is 1.24. The van der Waals surface area contributed by atoms with Gasteiger partial charge in [-0.1, -0.05) is 25.1 Å². The van der Waals surface area contributed by atoms with Crippen LogP contribution in [0.5, 0.6) is 0 Å². The smallest absolute Gasteiger partial charge is 0.223 e. The standard InChI is InChI=1S/C20H29N3O2.ClH/c1-3-11-22(12-8-20(24)23-13-9-21-10-14-23)16(2)19-15-17-6-4-5-7-18(17)25-19;/h4-7,15-16,21H,3,8-14H2,1-2H3;1H. The molecule has 1 atom stereocenters. The van der Waals surface area contributed by atoms with Crippen LogP contribution in [-0.2, 0) is 4.79 Å². The highest BCUT2D eigenvalue weighted by Gasteiger charge is 2.22. The van der Waals surface area contributed by atoms with Crippen molar-refractivity contribution in [1.29, 1.82) is 0 Å². The average molecular weight is 380 g/mol. The van der Waals surface area contributed by atoms with Crippen molar-refractivity contribution in [1.82, 2.24) is 15.1 Å². The Hall–Kier alpha value is -1.56. The highest BCUT2D eigenvalue weighted by molar-refractivity contribution is 5.85. The zero-order chi connectivity index (χ0) is 17.6. The molecule has 1 aliphatic heterocycles. The topological polar surface area (TPSA) is 48.7 Å². The summed E-state index contributed by atoms with van der Waals surface area (Å²) in [4.78, 5) is 16.8. The quantitative estimate of drug-likeness (QED) is 0.800. The van der Waals surface area contributed by atoms with E-state index in [0.717, 1.165) is 62.4 Å². The number of fused-ring (bicyclic) bond motifs is 1. The molecule has 6 heteroatoms. The number of piperazine rings is 1. The van der Waals surface area contributed by atoms with Gasteiger partial charge in [0.25, 0.3) is 0 Å². The molecule has 2 aromatic rings. The Kier molecular flexibility index (Phi) is 7.94. The van der Waals surface area contributed by atoms with E-state index in [-0.39, 0.29) is 24.4 Å². The van der Waals surface area contributed by atoms with Crippen LogP contribution >= 0.6 is 12.4 Å². The van der Waals surface area contributed by atoms with Crippen molar-refractivity contribution in [2.75, 3.05) is 39.3 Å². The van der Waals surface area contributed by atoms with Gasteiger partial charge >= 0.3 is 0 Å². The summed E-state index contributed by atoms with van der Waals surface area (Å²) >= 11 is 0. The second kappa shape index (κ2) is 9.95. The summed E-state index contributed by atoms with van der Waals surface area (Å²) in [6, 6.07) is 10.4. The van der Waals surface area contributed by atoms with Crippen molar-refractivity contribution < 1.29 is 9.21 Å². The minimum absolute atomic E-state index is 0. The Morgan fingerprint density at radius 1 is 1.27 bits per heavy atom. The molecule has 26 heavy (non-hydrogen) atoms. The Labute approximate surface area is 162 Å². The number of amides is 1. The van der Waals surface area contributed by atoms with Crippen LogP contribution in [0.2, 0.25) is 0 Å². The van der Waals surface area contributed by atoms with Gasteiger partial charge in [0.05, 0.1) is 6.04 Å². The first-order chi connectivity index (χ1) is 12.2. The number of hydrogen-bond donors (Lipinski definition) is 1. The molecule has 5 nitrogen and oxygen atoms in total. The van der Waals surface area contributed by atoms with Gasteiger partial charge in [0.2, 0.25) is 5.91 Å². The van der Waals surface area contributed by atoms with E-state index in [1.807, 2.05) is 23.1 Å². The number of nitrogens with zero attached hydrogens (tertiary/aromatic N) is 2. The molecule has 0 bridgehead atoms. The molecule has 0 saturated carbocycles. The van der Waals surface area contributed by atoms with Crippen LogP contribution in [-0.4, -0.2) is 55.0 Å². The maximum absolute atomic E-state index is 12.5. The van der Waals surface area contributed by atoms with Crippen LogP contribution in [0.15, 0.2) is 34.7 Å². The van der Waals surface area contributed by atoms with E-state index in [1.165, 1.54) is 0 Å². The summed E-state index contributed by atoms with van der Waals surface area (Å²) < 4.78 is 6.03. The molecule has 2 heterocycles. The van der Waals surface area contributed by atoms with Crippen molar-refractivity contribution in [2.45, 2.75) is 32.7 Å². The Balaban J connectivity index is 0.00000243. The molecular formula is C20H30ClN3O2. The summed E-state index contributed by atoms with van der Waals surface area (Å²) in [5.41, 5.74) is 0.928. The van der Waals surface area contributed by atoms with Crippen molar-refractivity contribution in [3.05, 3.63) is 36.1 Å². The third-order valence-electron chi connectivity index (χ3n) is 5.00. The molecule has 0 spiro atoms. The average Bonchev–Trinajstić information content (AvgIpc) is 3.09.